The molecule has 1 aliphatic heterocycles. The van der Waals surface area contributed by atoms with Crippen molar-refractivity contribution in [3.8, 4) is 0 Å². The summed E-state index contributed by atoms with van der Waals surface area (Å²) in [5.41, 5.74) is 2.44. The third kappa shape index (κ3) is 3.30. The van der Waals surface area contributed by atoms with Crippen LogP contribution in [-0.2, 0) is 6.61 Å². The molecule has 0 radical (unpaired) electrons. The van der Waals surface area contributed by atoms with Crippen LogP contribution >= 0.6 is 0 Å². The van der Waals surface area contributed by atoms with Crippen molar-refractivity contribution >= 4 is 0 Å². The molecule has 0 aliphatic carbocycles. The van der Waals surface area contributed by atoms with Gasteiger partial charge in [0.15, 0.2) is 0 Å². The second kappa shape index (κ2) is 6.18. The average molecular weight is 233 g/mol. The topological polar surface area (TPSA) is 23.5 Å². The van der Waals surface area contributed by atoms with Gasteiger partial charge in [-0.1, -0.05) is 31.2 Å². The van der Waals surface area contributed by atoms with Crippen LogP contribution in [0.3, 0.4) is 0 Å². The van der Waals surface area contributed by atoms with Crippen LogP contribution in [0.1, 0.15) is 43.2 Å². The van der Waals surface area contributed by atoms with Crippen molar-refractivity contribution in [2.75, 3.05) is 19.6 Å². The summed E-state index contributed by atoms with van der Waals surface area (Å²) in [6.07, 6.45) is 3.83. The number of benzene rings is 1. The second-order valence-corrected chi connectivity index (χ2v) is 5.04. The van der Waals surface area contributed by atoms with Crippen molar-refractivity contribution < 1.29 is 5.11 Å². The van der Waals surface area contributed by atoms with Crippen molar-refractivity contribution in [1.29, 1.82) is 0 Å². The highest BCUT2D eigenvalue weighted by Gasteiger charge is 2.20. The number of rotatable bonds is 4. The largest absolute Gasteiger partial charge is 0.392 e. The van der Waals surface area contributed by atoms with Crippen LogP contribution in [0.15, 0.2) is 24.3 Å². The van der Waals surface area contributed by atoms with Crippen LogP contribution in [-0.4, -0.2) is 29.6 Å². The number of hydrogen-bond acceptors (Lipinski definition) is 2. The van der Waals surface area contributed by atoms with Crippen LogP contribution in [0.4, 0.5) is 0 Å². The molecule has 1 aliphatic rings. The maximum atomic E-state index is 9.19. The summed E-state index contributed by atoms with van der Waals surface area (Å²) in [5.74, 6) is 0.654. The van der Waals surface area contributed by atoms with Crippen molar-refractivity contribution in [2.45, 2.75) is 38.7 Å². The number of hydrogen-bond donors (Lipinski definition) is 1. The van der Waals surface area contributed by atoms with Gasteiger partial charge in [0.25, 0.3) is 0 Å². The van der Waals surface area contributed by atoms with Gasteiger partial charge >= 0.3 is 0 Å². The number of nitrogens with zero attached hydrogens (tertiary/aromatic N) is 1. The molecule has 1 atom stereocenters. The first-order valence-corrected chi connectivity index (χ1v) is 6.75. The van der Waals surface area contributed by atoms with E-state index < -0.39 is 0 Å². The molecule has 0 amide bonds. The minimum absolute atomic E-state index is 0.152. The van der Waals surface area contributed by atoms with Gasteiger partial charge in [-0.25, -0.2) is 0 Å². The first-order valence-electron chi connectivity index (χ1n) is 6.75. The molecule has 0 saturated carbocycles. The van der Waals surface area contributed by atoms with E-state index in [0.29, 0.717) is 5.92 Å². The minimum Gasteiger partial charge on any atom is -0.392 e. The van der Waals surface area contributed by atoms with Gasteiger partial charge in [-0.2, -0.15) is 0 Å². The molecule has 94 valence electrons. The highest BCUT2D eigenvalue weighted by molar-refractivity contribution is 5.26. The van der Waals surface area contributed by atoms with Crippen molar-refractivity contribution in [1.82, 2.24) is 4.90 Å². The Kier molecular flexibility index (Phi) is 4.57. The standard InChI is InChI=1S/C15H23NO/c1-2-8-16-9-4-7-15(11-16)14-6-3-5-13(10-14)12-17/h3,5-6,10,15,17H,2,4,7-9,11-12H2,1H3. The molecule has 2 rings (SSSR count). The molecule has 1 saturated heterocycles. The third-order valence-electron chi connectivity index (χ3n) is 3.65. The maximum Gasteiger partial charge on any atom is 0.0681 e. The second-order valence-electron chi connectivity index (χ2n) is 5.04. The molecule has 0 bridgehead atoms. The van der Waals surface area contributed by atoms with Crippen LogP contribution in [0.2, 0.25) is 0 Å². The number of piperidine rings is 1. The lowest BCUT2D eigenvalue weighted by Crippen LogP contribution is -2.34. The fourth-order valence-electron chi connectivity index (χ4n) is 2.79. The molecular formula is C15H23NO. The van der Waals surface area contributed by atoms with Gasteiger partial charge in [0.1, 0.15) is 0 Å². The van der Waals surface area contributed by atoms with Gasteiger partial charge < -0.3 is 10.0 Å². The molecule has 0 aromatic heterocycles. The lowest BCUT2D eigenvalue weighted by atomic mass is 9.89. The van der Waals surface area contributed by atoms with E-state index in [1.807, 2.05) is 6.07 Å². The molecule has 1 fully saturated rings. The van der Waals surface area contributed by atoms with Crippen LogP contribution in [0.5, 0.6) is 0 Å². The van der Waals surface area contributed by atoms with Crippen molar-refractivity contribution in [2.24, 2.45) is 0 Å². The lowest BCUT2D eigenvalue weighted by Gasteiger charge is -2.32. The van der Waals surface area contributed by atoms with Crippen molar-refractivity contribution in [3.05, 3.63) is 35.4 Å². The van der Waals surface area contributed by atoms with E-state index in [1.165, 1.54) is 44.5 Å². The van der Waals surface area contributed by atoms with E-state index >= 15 is 0 Å². The van der Waals surface area contributed by atoms with Gasteiger partial charge in [-0.15, -0.1) is 0 Å². The van der Waals surface area contributed by atoms with E-state index in [4.69, 9.17) is 0 Å². The first kappa shape index (κ1) is 12.6. The van der Waals surface area contributed by atoms with E-state index in [1.54, 1.807) is 0 Å². The SMILES string of the molecule is CCCN1CCCC(c2cccc(CO)c2)C1. The lowest BCUT2D eigenvalue weighted by molar-refractivity contribution is 0.208. The minimum atomic E-state index is 0.152. The van der Waals surface area contributed by atoms with Gasteiger partial charge in [0.05, 0.1) is 6.61 Å². The fraction of sp³-hybridized carbons (Fsp3) is 0.600. The van der Waals surface area contributed by atoms with E-state index in [9.17, 15) is 5.11 Å². The maximum absolute atomic E-state index is 9.19. The Morgan fingerprint density at radius 1 is 1.41 bits per heavy atom. The molecule has 2 nitrogen and oxygen atoms in total. The molecular weight excluding hydrogens is 210 g/mol. The highest BCUT2D eigenvalue weighted by Crippen LogP contribution is 2.27. The summed E-state index contributed by atoms with van der Waals surface area (Å²) in [5, 5.41) is 9.19. The molecule has 1 heterocycles. The molecule has 1 N–H and O–H groups in total. The molecule has 1 aromatic carbocycles. The first-order chi connectivity index (χ1) is 8.33. The van der Waals surface area contributed by atoms with E-state index in [-0.39, 0.29) is 6.61 Å². The Bertz CT molecular complexity index is 349. The quantitative estimate of drug-likeness (QED) is 0.864. The fourth-order valence-corrected chi connectivity index (χ4v) is 2.79. The highest BCUT2D eigenvalue weighted by atomic mass is 16.3. The summed E-state index contributed by atoms with van der Waals surface area (Å²) < 4.78 is 0. The van der Waals surface area contributed by atoms with Crippen LogP contribution < -0.4 is 0 Å². The van der Waals surface area contributed by atoms with Gasteiger partial charge in [0, 0.05) is 6.54 Å². The molecule has 0 spiro atoms. The molecule has 1 unspecified atom stereocenters. The van der Waals surface area contributed by atoms with Gasteiger partial charge in [-0.3, -0.25) is 0 Å². The molecule has 17 heavy (non-hydrogen) atoms. The number of likely N-dealkylation sites (tertiary alicyclic amines) is 1. The van der Waals surface area contributed by atoms with Gasteiger partial charge in [-0.05, 0) is 49.4 Å². The predicted molar refractivity (Wildman–Crippen MR) is 71.1 cm³/mol. The monoisotopic (exact) mass is 233 g/mol. The Balaban J connectivity index is 2.05. The molecule has 2 heteroatoms. The summed E-state index contributed by atoms with van der Waals surface area (Å²) in [6, 6.07) is 8.44. The van der Waals surface area contributed by atoms with Gasteiger partial charge in [0.2, 0.25) is 0 Å². The smallest absolute Gasteiger partial charge is 0.0681 e. The van der Waals surface area contributed by atoms with Crippen LogP contribution in [0.25, 0.3) is 0 Å². The number of aliphatic hydroxyl groups is 1. The Labute approximate surface area is 104 Å². The molecule has 1 aromatic rings. The zero-order valence-electron chi connectivity index (χ0n) is 10.7. The third-order valence-corrected chi connectivity index (χ3v) is 3.65. The van der Waals surface area contributed by atoms with E-state index in [0.717, 1.165) is 5.56 Å². The predicted octanol–water partition coefficient (Wildman–Crippen LogP) is 2.77. The normalized spacial score (nSPS) is 21.6. The Hall–Kier alpha value is -0.860. The average Bonchev–Trinajstić information content (AvgIpc) is 2.40. The summed E-state index contributed by atoms with van der Waals surface area (Å²) in [4.78, 5) is 2.57. The van der Waals surface area contributed by atoms with E-state index in [2.05, 4.69) is 30.0 Å². The summed E-state index contributed by atoms with van der Waals surface area (Å²) >= 11 is 0. The summed E-state index contributed by atoms with van der Waals surface area (Å²) in [7, 11) is 0. The van der Waals surface area contributed by atoms with Crippen molar-refractivity contribution in [3.63, 3.8) is 0 Å². The zero-order valence-corrected chi connectivity index (χ0v) is 10.7. The Morgan fingerprint density at radius 2 is 2.29 bits per heavy atom. The number of aliphatic hydroxyl groups excluding tert-OH is 1. The van der Waals surface area contributed by atoms with Crippen LogP contribution in [0, 0.1) is 0 Å². The Morgan fingerprint density at radius 3 is 3.06 bits per heavy atom. The zero-order chi connectivity index (χ0) is 12.1. The summed E-state index contributed by atoms with van der Waals surface area (Å²) in [6.45, 7) is 6.05.